The summed E-state index contributed by atoms with van der Waals surface area (Å²) in [5.74, 6) is -1.87. The van der Waals surface area contributed by atoms with Crippen LogP contribution in [-0.4, -0.2) is 53.9 Å². The van der Waals surface area contributed by atoms with E-state index in [1.54, 1.807) is 0 Å². The lowest BCUT2D eigenvalue weighted by Gasteiger charge is -2.14. The minimum Gasteiger partial charge on any atom is -0.481 e. The van der Waals surface area contributed by atoms with Gasteiger partial charge in [-0.2, -0.15) is 0 Å². The van der Waals surface area contributed by atoms with Crippen molar-refractivity contribution in [3.63, 3.8) is 0 Å². The Morgan fingerprint density at radius 3 is 2.43 bits per heavy atom. The van der Waals surface area contributed by atoms with Crippen LogP contribution in [0, 0.1) is 5.92 Å². The van der Waals surface area contributed by atoms with Crippen molar-refractivity contribution in [3.05, 3.63) is 70.7 Å². The van der Waals surface area contributed by atoms with Crippen molar-refractivity contribution in [2.45, 2.75) is 18.4 Å². The maximum Gasteiger partial charge on any atom is 0.413 e. The van der Waals surface area contributed by atoms with Gasteiger partial charge in [-0.3, -0.25) is 14.9 Å². The molecule has 1 fully saturated rings. The number of fused-ring (bicyclic) bond motifs is 3. The maximum absolute atomic E-state index is 12.4. The third-order valence-corrected chi connectivity index (χ3v) is 7.11. The Morgan fingerprint density at radius 1 is 1.09 bits per heavy atom. The van der Waals surface area contributed by atoms with Gasteiger partial charge in [0, 0.05) is 12.5 Å². The molecule has 2 aliphatic rings. The smallest absolute Gasteiger partial charge is 0.413 e. The summed E-state index contributed by atoms with van der Waals surface area (Å²) in [6.45, 7) is 0.525. The summed E-state index contributed by atoms with van der Waals surface area (Å²) in [6.07, 6.45) is 0.736. The molecule has 180 valence electrons. The summed E-state index contributed by atoms with van der Waals surface area (Å²) in [5.41, 5.74) is 4.54. The molecule has 3 aromatic rings. The standard InChI is InChI=1S/C25H23N3O6S/c29-22(26-10-15-9-14(12-33-15)23(30)31)21-11-27-24(35-21)28-25(32)34-13-20-18-7-3-1-5-16(18)17-6-2-4-8-19(17)20/h1-8,11,14-15,20H,9-10,12-13H2,(H,26,29)(H,30,31)(H,27,28,32). The summed E-state index contributed by atoms with van der Waals surface area (Å²) in [5, 5.41) is 14.6. The van der Waals surface area contributed by atoms with Gasteiger partial charge >= 0.3 is 12.1 Å². The number of nitrogens with one attached hydrogen (secondary N) is 2. The first kappa shape index (κ1) is 23.0. The molecule has 0 radical (unpaired) electrons. The summed E-state index contributed by atoms with van der Waals surface area (Å²) >= 11 is 1.02. The van der Waals surface area contributed by atoms with Crippen molar-refractivity contribution in [1.82, 2.24) is 10.3 Å². The number of ether oxygens (including phenoxy) is 2. The first-order valence-electron chi connectivity index (χ1n) is 11.2. The molecule has 0 bridgehead atoms. The predicted octanol–water partition coefficient (Wildman–Crippen LogP) is 3.72. The maximum atomic E-state index is 12.4. The molecule has 1 aromatic heterocycles. The summed E-state index contributed by atoms with van der Waals surface area (Å²) in [6, 6.07) is 16.2. The number of hydrogen-bond acceptors (Lipinski definition) is 7. The van der Waals surface area contributed by atoms with Crippen LogP contribution >= 0.6 is 11.3 Å². The van der Waals surface area contributed by atoms with Gasteiger partial charge in [-0.25, -0.2) is 9.78 Å². The molecular weight excluding hydrogens is 470 g/mol. The number of aromatic nitrogens is 1. The zero-order valence-corrected chi connectivity index (χ0v) is 19.4. The van der Waals surface area contributed by atoms with E-state index in [1.165, 1.54) is 6.20 Å². The van der Waals surface area contributed by atoms with Crippen LogP contribution < -0.4 is 10.6 Å². The molecule has 2 amide bonds. The highest BCUT2D eigenvalue weighted by atomic mass is 32.1. The summed E-state index contributed by atoms with van der Waals surface area (Å²) in [4.78, 5) is 40.2. The number of carboxylic acid groups (broad SMARTS) is 1. The molecule has 0 spiro atoms. The van der Waals surface area contributed by atoms with Crippen LogP contribution in [0.3, 0.4) is 0 Å². The fraction of sp³-hybridized carbons (Fsp3) is 0.280. The monoisotopic (exact) mass is 493 g/mol. The van der Waals surface area contributed by atoms with E-state index in [4.69, 9.17) is 14.6 Å². The number of amides is 2. The molecule has 1 aliphatic heterocycles. The van der Waals surface area contributed by atoms with Crippen LogP contribution in [0.1, 0.15) is 33.1 Å². The number of carboxylic acids is 1. The number of carbonyl (C=O) groups excluding carboxylic acids is 2. The SMILES string of the molecule is O=C(Nc1ncc(C(=O)NCC2CC(C(=O)O)CO2)s1)OCC1c2ccccc2-c2ccccc21. The topological polar surface area (TPSA) is 127 Å². The molecule has 35 heavy (non-hydrogen) atoms. The molecular formula is C25H23N3O6S. The van der Waals surface area contributed by atoms with Gasteiger partial charge < -0.3 is 19.9 Å². The lowest BCUT2D eigenvalue weighted by molar-refractivity contribution is -0.141. The summed E-state index contributed by atoms with van der Waals surface area (Å²) in [7, 11) is 0. The van der Waals surface area contributed by atoms with E-state index in [-0.39, 0.29) is 42.8 Å². The van der Waals surface area contributed by atoms with E-state index in [0.29, 0.717) is 11.3 Å². The molecule has 5 rings (SSSR count). The summed E-state index contributed by atoms with van der Waals surface area (Å²) < 4.78 is 10.9. The van der Waals surface area contributed by atoms with Crippen LogP contribution in [-0.2, 0) is 14.3 Å². The van der Waals surface area contributed by atoms with Gasteiger partial charge in [0.15, 0.2) is 5.13 Å². The molecule has 2 unspecified atom stereocenters. The van der Waals surface area contributed by atoms with E-state index in [2.05, 4.69) is 27.8 Å². The number of benzene rings is 2. The highest BCUT2D eigenvalue weighted by molar-refractivity contribution is 7.17. The van der Waals surface area contributed by atoms with E-state index in [1.807, 2.05) is 36.4 Å². The van der Waals surface area contributed by atoms with Gasteiger partial charge in [0.2, 0.25) is 0 Å². The van der Waals surface area contributed by atoms with Crippen molar-refractivity contribution < 1.29 is 29.0 Å². The molecule has 1 saturated heterocycles. The highest BCUT2D eigenvalue weighted by Gasteiger charge is 2.31. The third-order valence-electron chi connectivity index (χ3n) is 6.20. The lowest BCUT2D eigenvalue weighted by atomic mass is 9.98. The van der Waals surface area contributed by atoms with Crippen LogP contribution in [0.15, 0.2) is 54.7 Å². The zero-order valence-electron chi connectivity index (χ0n) is 18.6. The van der Waals surface area contributed by atoms with Crippen molar-refractivity contribution in [3.8, 4) is 11.1 Å². The molecule has 1 aliphatic carbocycles. The third kappa shape index (κ3) is 4.89. The quantitative estimate of drug-likeness (QED) is 0.458. The van der Waals surface area contributed by atoms with Crippen LogP contribution in [0.25, 0.3) is 11.1 Å². The van der Waals surface area contributed by atoms with Crippen molar-refractivity contribution in [2.75, 3.05) is 25.1 Å². The van der Waals surface area contributed by atoms with E-state index < -0.39 is 18.0 Å². The Labute approximate surface area is 205 Å². The second-order valence-corrected chi connectivity index (χ2v) is 9.45. The fourth-order valence-corrected chi connectivity index (χ4v) is 5.19. The van der Waals surface area contributed by atoms with E-state index in [9.17, 15) is 14.4 Å². The van der Waals surface area contributed by atoms with Gasteiger partial charge in [-0.15, -0.1) is 0 Å². The normalized spacial score (nSPS) is 18.5. The molecule has 3 N–H and O–H groups in total. The van der Waals surface area contributed by atoms with Crippen molar-refractivity contribution >= 4 is 34.4 Å². The number of rotatable bonds is 7. The Kier molecular flexibility index (Phi) is 6.47. The van der Waals surface area contributed by atoms with Gasteiger partial charge in [-0.1, -0.05) is 59.9 Å². The zero-order chi connectivity index (χ0) is 24.4. The minimum atomic E-state index is -0.898. The average Bonchev–Trinajstić information content (AvgIpc) is 3.59. The second kappa shape index (κ2) is 9.85. The largest absolute Gasteiger partial charge is 0.481 e. The first-order chi connectivity index (χ1) is 17.0. The van der Waals surface area contributed by atoms with Gasteiger partial charge in [0.25, 0.3) is 5.91 Å². The van der Waals surface area contributed by atoms with Crippen LogP contribution in [0.4, 0.5) is 9.93 Å². The van der Waals surface area contributed by atoms with E-state index >= 15 is 0 Å². The van der Waals surface area contributed by atoms with E-state index in [0.717, 1.165) is 33.6 Å². The molecule has 10 heteroatoms. The molecule has 9 nitrogen and oxygen atoms in total. The number of thiazole rings is 1. The number of carbonyl (C=O) groups is 3. The minimum absolute atomic E-state index is 0.0516. The van der Waals surface area contributed by atoms with Crippen molar-refractivity contribution in [2.24, 2.45) is 5.92 Å². The molecule has 0 saturated carbocycles. The Balaban J connectivity index is 1.13. The lowest BCUT2D eigenvalue weighted by Crippen LogP contribution is -2.31. The van der Waals surface area contributed by atoms with Gasteiger partial charge in [0.05, 0.1) is 24.8 Å². The van der Waals surface area contributed by atoms with Crippen LogP contribution in [0.5, 0.6) is 0 Å². The van der Waals surface area contributed by atoms with Gasteiger partial charge in [0.1, 0.15) is 11.5 Å². The van der Waals surface area contributed by atoms with Crippen molar-refractivity contribution in [1.29, 1.82) is 0 Å². The Morgan fingerprint density at radius 2 is 1.77 bits per heavy atom. The predicted molar refractivity (Wildman–Crippen MR) is 129 cm³/mol. The van der Waals surface area contributed by atoms with Gasteiger partial charge in [-0.05, 0) is 28.7 Å². The second-order valence-electron chi connectivity index (χ2n) is 8.42. The molecule has 2 atom stereocenters. The fourth-order valence-electron chi connectivity index (χ4n) is 4.47. The van der Waals surface area contributed by atoms with Crippen LogP contribution in [0.2, 0.25) is 0 Å². The Bertz CT molecular complexity index is 1230. The number of aliphatic carboxylic acids is 1. The average molecular weight is 494 g/mol. The highest BCUT2D eigenvalue weighted by Crippen LogP contribution is 2.44. The number of hydrogen-bond donors (Lipinski definition) is 3. The number of anilines is 1. The Hall–Kier alpha value is -3.76. The first-order valence-corrected chi connectivity index (χ1v) is 12.0. The number of nitrogens with zero attached hydrogens (tertiary/aromatic N) is 1. The molecule has 2 heterocycles. The molecule has 2 aromatic carbocycles.